The third-order valence-electron chi connectivity index (χ3n) is 3.73. The van der Waals surface area contributed by atoms with Crippen molar-refractivity contribution in [2.45, 2.75) is 31.1 Å². The summed E-state index contributed by atoms with van der Waals surface area (Å²) in [6.07, 6.45) is 4.41. The maximum Gasteiger partial charge on any atom is 0.216 e. The van der Waals surface area contributed by atoms with Crippen molar-refractivity contribution in [2.24, 2.45) is 0 Å². The van der Waals surface area contributed by atoms with Crippen LogP contribution in [0.4, 0.5) is 0 Å². The second-order valence-corrected chi connectivity index (χ2v) is 8.03. The number of ether oxygens (including phenoxy) is 1. The molecule has 4 nitrogen and oxygen atoms in total. The fourth-order valence-corrected chi connectivity index (χ4v) is 3.59. The van der Waals surface area contributed by atoms with Crippen molar-refractivity contribution in [2.75, 3.05) is 6.61 Å². The molecule has 0 amide bonds. The molecule has 2 rings (SSSR count). The number of para-hydroxylation sites is 1. The van der Waals surface area contributed by atoms with Crippen LogP contribution in [-0.2, 0) is 9.84 Å². The largest absolute Gasteiger partial charge is 0.493 e. The molecule has 0 spiro atoms. The molecular formula is C20H20ClNO3S. The van der Waals surface area contributed by atoms with Gasteiger partial charge in [0.15, 0.2) is 0 Å². The third kappa shape index (κ3) is 5.10. The van der Waals surface area contributed by atoms with Crippen molar-refractivity contribution in [3.05, 3.63) is 64.0 Å². The zero-order valence-corrected chi connectivity index (χ0v) is 16.1. The molecule has 26 heavy (non-hydrogen) atoms. The summed E-state index contributed by atoms with van der Waals surface area (Å²) >= 11 is 5.81. The van der Waals surface area contributed by atoms with Crippen molar-refractivity contribution in [1.82, 2.24) is 0 Å². The minimum absolute atomic E-state index is 0.0241. The van der Waals surface area contributed by atoms with E-state index in [-0.39, 0.29) is 9.80 Å². The first-order valence-corrected chi connectivity index (χ1v) is 10.2. The summed E-state index contributed by atoms with van der Waals surface area (Å²) in [6.45, 7) is 2.65. The lowest BCUT2D eigenvalue weighted by atomic mass is 10.2. The normalized spacial score (nSPS) is 11.8. The Bertz CT molecular complexity index is 913. The molecule has 0 aliphatic heterocycles. The van der Waals surface area contributed by atoms with Gasteiger partial charge in [0.25, 0.3) is 0 Å². The zero-order chi connectivity index (χ0) is 19.0. The molecular weight excluding hydrogens is 370 g/mol. The Kier molecular flexibility index (Phi) is 7.26. The molecule has 0 fully saturated rings. The molecule has 0 aromatic heterocycles. The monoisotopic (exact) mass is 389 g/mol. The highest BCUT2D eigenvalue weighted by Crippen LogP contribution is 2.26. The van der Waals surface area contributed by atoms with Crippen molar-refractivity contribution < 1.29 is 13.2 Å². The first-order valence-electron chi connectivity index (χ1n) is 8.33. The van der Waals surface area contributed by atoms with Crippen molar-refractivity contribution in [3.8, 4) is 11.8 Å². The van der Waals surface area contributed by atoms with Crippen LogP contribution >= 0.6 is 11.6 Å². The van der Waals surface area contributed by atoms with E-state index in [4.69, 9.17) is 16.3 Å². The van der Waals surface area contributed by atoms with Gasteiger partial charge in [-0.2, -0.15) is 5.26 Å². The lowest BCUT2D eigenvalue weighted by Crippen LogP contribution is -2.04. The molecule has 6 heteroatoms. The standard InChI is InChI=1S/C20H20ClNO3S/c1-2-3-6-13-25-20-8-5-4-7-16(20)14-19(15-22)26(23,24)18-11-9-17(21)10-12-18/h4-5,7-12,14H,2-3,6,13H2,1H3. The van der Waals surface area contributed by atoms with Gasteiger partial charge in [0.05, 0.1) is 11.5 Å². The van der Waals surface area contributed by atoms with Crippen LogP contribution in [0.25, 0.3) is 6.08 Å². The summed E-state index contributed by atoms with van der Waals surface area (Å²) in [5.74, 6) is 0.558. The number of hydrogen-bond donors (Lipinski definition) is 0. The van der Waals surface area contributed by atoms with Gasteiger partial charge in [-0.25, -0.2) is 8.42 Å². The van der Waals surface area contributed by atoms with Crippen molar-refractivity contribution >= 4 is 27.5 Å². The molecule has 0 unspecified atom stereocenters. The predicted octanol–water partition coefficient (Wildman–Crippen LogP) is 5.25. The van der Waals surface area contributed by atoms with E-state index in [1.807, 2.05) is 6.07 Å². The number of sulfone groups is 1. The van der Waals surface area contributed by atoms with E-state index in [0.29, 0.717) is 22.9 Å². The molecule has 0 saturated carbocycles. The summed E-state index contributed by atoms with van der Waals surface area (Å²) in [7, 11) is -3.93. The van der Waals surface area contributed by atoms with Gasteiger partial charge < -0.3 is 4.74 Å². The molecule has 0 aliphatic carbocycles. The van der Waals surface area contributed by atoms with Gasteiger partial charge in [-0.15, -0.1) is 0 Å². The van der Waals surface area contributed by atoms with Gasteiger partial charge in [-0.3, -0.25) is 0 Å². The number of nitriles is 1. The van der Waals surface area contributed by atoms with E-state index in [9.17, 15) is 13.7 Å². The van der Waals surface area contributed by atoms with E-state index in [1.54, 1.807) is 24.3 Å². The van der Waals surface area contributed by atoms with E-state index in [0.717, 1.165) is 19.3 Å². The van der Waals surface area contributed by atoms with Crippen molar-refractivity contribution in [3.63, 3.8) is 0 Å². The molecule has 0 heterocycles. The molecule has 2 aromatic rings. The molecule has 0 N–H and O–H groups in total. The third-order valence-corrected chi connectivity index (χ3v) is 5.67. The highest BCUT2D eigenvalue weighted by Gasteiger charge is 2.21. The van der Waals surface area contributed by atoms with Crippen LogP contribution in [0.5, 0.6) is 5.75 Å². The second kappa shape index (κ2) is 9.42. The number of halogens is 1. The van der Waals surface area contributed by atoms with Crippen LogP contribution < -0.4 is 4.74 Å². The van der Waals surface area contributed by atoms with E-state index in [2.05, 4.69) is 6.92 Å². The summed E-state index contributed by atoms with van der Waals surface area (Å²) in [4.78, 5) is -0.319. The van der Waals surface area contributed by atoms with Crippen LogP contribution in [0.2, 0.25) is 5.02 Å². The average Bonchev–Trinajstić information content (AvgIpc) is 2.64. The van der Waals surface area contributed by atoms with Crippen LogP contribution in [0, 0.1) is 11.3 Å². The Hall–Kier alpha value is -2.29. The number of allylic oxidation sites excluding steroid dienone is 1. The quantitative estimate of drug-likeness (QED) is 0.457. The zero-order valence-electron chi connectivity index (χ0n) is 14.5. The number of nitrogens with zero attached hydrogens (tertiary/aromatic N) is 1. The molecule has 0 radical (unpaired) electrons. The van der Waals surface area contributed by atoms with Crippen LogP contribution in [-0.4, -0.2) is 15.0 Å². The number of unbranched alkanes of at least 4 members (excludes halogenated alkanes) is 2. The van der Waals surface area contributed by atoms with E-state index >= 15 is 0 Å². The fourth-order valence-electron chi connectivity index (χ4n) is 2.32. The summed E-state index contributed by atoms with van der Waals surface area (Å²) < 4.78 is 31.2. The van der Waals surface area contributed by atoms with Crippen LogP contribution in [0.3, 0.4) is 0 Å². The first kappa shape index (κ1) is 20.0. The molecule has 0 atom stereocenters. The highest BCUT2D eigenvalue weighted by molar-refractivity contribution is 7.95. The van der Waals surface area contributed by atoms with Gasteiger partial charge in [0.1, 0.15) is 16.7 Å². The number of benzene rings is 2. The topological polar surface area (TPSA) is 67.2 Å². The van der Waals surface area contributed by atoms with E-state index in [1.165, 1.54) is 30.3 Å². The van der Waals surface area contributed by atoms with Gasteiger partial charge in [0.2, 0.25) is 9.84 Å². The summed E-state index contributed by atoms with van der Waals surface area (Å²) in [6, 6.07) is 14.6. The Morgan fingerprint density at radius 3 is 2.50 bits per heavy atom. The Morgan fingerprint density at radius 1 is 1.15 bits per heavy atom. The molecule has 2 aromatic carbocycles. The lowest BCUT2D eigenvalue weighted by Gasteiger charge is -2.09. The van der Waals surface area contributed by atoms with Crippen molar-refractivity contribution in [1.29, 1.82) is 5.26 Å². The minimum Gasteiger partial charge on any atom is -0.493 e. The predicted molar refractivity (Wildman–Crippen MR) is 104 cm³/mol. The summed E-state index contributed by atoms with van der Waals surface area (Å²) in [5.41, 5.74) is 0.554. The molecule has 0 aliphatic rings. The Balaban J connectivity index is 2.34. The highest BCUT2D eigenvalue weighted by atomic mass is 35.5. The number of hydrogen-bond acceptors (Lipinski definition) is 4. The summed E-state index contributed by atoms with van der Waals surface area (Å²) in [5, 5.41) is 9.84. The van der Waals surface area contributed by atoms with E-state index < -0.39 is 9.84 Å². The maximum absolute atomic E-state index is 12.7. The Labute approximate surface area is 159 Å². The Morgan fingerprint density at radius 2 is 1.85 bits per heavy atom. The lowest BCUT2D eigenvalue weighted by molar-refractivity contribution is 0.305. The van der Waals surface area contributed by atoms with Gasteiger partial charge in [0, 0.05) is 10.6 Å². The van der Waals surface area contributed by atoms with Gasteiger partial charge in [-0.05, 0) is 42.8 Å². The smallest absolute Gasteiger partial charge is 0.216 e. The maximum atomic E-state index is 12.7. The first-order chi connectivity index (χ1) is 12.5. The minimum atomic E-state index is -3.93. The van der Waals surface area contributed by atoms with Crippen LogP contribution in [0.15, 0.2) is 58.3 Å². The second-order valence-electron chi connectivity index (χ2n) is 5.67. The average molecular weight is 390 g/mol. The van der Waals surface area contributed by atoms with Gasteiger partial charge >= 0.3 is 0 Å². The number of rotatable bonds is 8. The fraction of sp³-hybridized carbons (Fsp3) is 0.250. The molecule has 0 bridgehead atoms. The SMILES string of the molecule is CCCCCOc1ccccc1C=C(C#N)S(=O)(=O)c1ccc(Cl)cc1. The van der Waals surface area contributed by atoms with Crippen LogP contribution in [0.1, 0.15) is 31.7 Å². The molecule has 136 valence electrons. The molecule has 0 saturated heterocycles. The van der Waals surface area contributed by atoms with Gasteiger partial charge in [-0.1, -0.05) is 49.6 Å².